The minimum atomic E-state index is -0.892. The fraction of sp³-hybridized carbons (Fsp3) is 0.464. The molecule has 64 heavy (non-hydrogen) atoms. The Balaban J connectivity index is 1.41. The van der Waals surface area contributed by atoms with E-state index in [0.717, 1.165) is 50.4 Å². The zero-order valence-electron chi connectivity index (χ0n) is 39.0. The first-order valence-corrected chi connectivity index (χ1v) is 23.5. The molecule has 0 spiro atoms. The van der Waals surface area contributed by atoms with Crippen LogP contribution in [0, 0.1) is 17.2 Å². The van der Waals surface area contributed by atoms with Crippen molar-refractivity contribution >= 4 is 11.9 Å². The van der Waals surface area contributed by atoms with Crippen molar-refractivity contribution in [2.24, 2.45) is 11.3 Å². The van der Waals surface area contributed by atoms with Crippen LogP contribution in [-0.2, 0) is 38.3 Å². The number of unbranched alkanes of at least 4 members (excludes halogenated alkanes) is 2. The van der Waals surface area contributed by atoms with Gasteiger partial charge in [0.15, 0.2) is 0 Å². The van der Waals surface area contributed by atoms with E-state index in [9.17, 15) is 19.8 Å². The second kappa shape index (κ2) is 24.3. The fourth-order valence-corrected chi connectivity index (χ4v) is 8.64. The van der Waals surface area contributed by atoms with Crippen LogP contribution in [0.25, 0.3) is 33.4 Å². The van der Waals surface area contributed by atoms with Crippen LogP contribution >= 0.6 is 0 Å². The lowest BCUT2D eigenvalue weighted by molar-refractivity contribution is -0.139. The highest BCUT2D eigenvalue weighted by molar-refractivity contribution is 5.87. The van der Waals surface area contributed by atoms with Crippen LogP contribution in [0.1, 0.15) is 127 Å². The summed E-state index contributed by atoms with van der Waals surface area (Å²) in [7, 11) is 0. The monoisotopic (exact) mass is 875 g/mol. The van der Waals surface area contributed by atoms with Crippen LogP contribution in [-0.4, -0.2) is 55.2 Å². The Hall–Kier alpha value is -5.05. The summed E-state index contributed by atoms with van der Waals surface area (Å²) in [6, 6.07) is 24.5. The smallest absolute Gasteiger partial charge is 0.333 e. The van der Waals surface area contributed by atoms with Crippen molar-refractivity contribution in [3.05, 3.63) is 125 Å². The van der Waals surface area contributed by atoms with Crippen LogP contribution in [0.15, 0.2) is 97.1 Å². The lowest BCUT2D eigenvalue weighted by Gasteiger charge is -2.29. The molecule has 0 amide bonds. The molecule has 1 aliphatic carbocycles. The summed E-state index contributed by atoms with van der Waals surface area (Å²) >= 11 is 0. The van der Waals surface area contributed by atoms with Crippen LogP contribution in [0.5, 0.6) is 5.75 Å². The van der Waals surface area contributed by atoms with E-state index in [-0.39, 0.29) is 38.9 Å². The van der Waals surface area contributed by atoms with Crippen molar-refractivity contribution in [2.75, 3.05) is 33.0 Å². The van der Waals surface area contributed by atoms with Gasteiger partial charge in [-0.15, -0.1) is 0 Å². The first kappa shape index (κ1) is 50.0. The standard InChI is InChI=1S/C56H71FO7/c1-8-10-11-14-40-17-19-42(20-18-40)43-21-23-44(24-22-43)45-25-28-51(52(57)34-45)46-26-27-50(41(9-2)31-46)49-32-47(15-12-29-62-54(60)38(3)4)53(64-37-56(7,35-58)36-59)48(33-49)16-13-30-63-55(61)39(5)6/h21-28,31-34,40,42,58-59H,3,5,8-20,29-30,35-37H2,1-2,4,6-7H3. The first-order chi connectivity index (χ1) is 30.8. The summed E-state index contributed by atoms with van der Waals surface area (Å²) in [6.45, 7) is 16.5. The molecule has 8 heteroatoms. The van der Waals surface area contributed by atoms with Gasteiger partial charge in [-0.1, -0.05) is 114 Å². The number of carbonyl (C=O) groups excluding carboxylic acids is 2. The molecule has 0 heterocycles. The summed E-state index contributed by atoms with van der Waals surface area (Å²) in [5.41, 5.74) is 9.01. The molecule has 4 aromatic carbocycles. The summed E-state index contributed by atoms with van der Waals surface area (Å²) in [4.78, 5) is 24.3. The van der Waals surface area contributed by atoms with E-state index in [1.165, 1.54) is 56.9 Å². The molecule has 1 aliphatic rings. The van der Waals surface area contributed by atoms with Gasteiger partial charge in [0.25, 0.3) is 0 Å². The van der Waals surface area contributed by atoms with Gasteiger partial charge < -0.3 is 24.4 Å². The molecule has 4 aromatic rings. The number of carbonyl (C=O) groups is 2. The molecule has 0 bridgehead atoms. The van der Waals surface area contributed by atoms with Gasteiger partial charge in [-0.05, 0) is 152 Å². The average Bonchev–Trinajstić information content (AvgIpc) is 3.31. The third-order valence-electron chi connectivity index (χ3n) is 12.8. The number of hydrogen-bond donors (Lipinski definition) is 2. The molecular formula is C56H71FO7. The van der Waals surface area contributed by atoms with Crippen molar-refractivity contribution in [3.8, 4) is 39.1 Å². The molecule has 1 saturated carbocycles. The third kappa shape index (κ3) is 13.7. The van der Waals surface area contributed by atoms with Crippen LogP contribution in [0.3, 0.4) is 0 Å². The maximum atomic E-state index is 16.1. The Morgan fingerprint density at radius 2 is 1.23 bits per heavy atom. The summed E-state index contributed by atoms with van der Waals surface area (Å²) in [6.07, 6.45) is 13.2. The maximum Gasteiger partial charge on any atom is 0.333 e. The Kier molecular flexibility index (Phi) is 19.0. The lowest BCUT2D eigenvalue weighted by atomic mass is 9.77. The van der Waals surface area contributed by atoms with E-state index in [1.807, 2.05) is 24.3 Å². The van der Waals surface area contributed by atoms with Crippen molar-refractivity contribution in [3.63, 3.8) is 0 Å². The number of aliphatic hydroxyl groups excluding tert-OH is 2. The second-order valence-electron chi connectivity index (χ2n) is 18.3. The largest absolute Gasteiger partial charge is 0.492 e. The Bertz CT molecular complexity index is 2140. The highest BCUT2D eigenvalue weighted by atomic mass is 19.1. The van der Waals surface area contributed by atoms with Gasteiger partial charge in [0.1, 0.15) is 11.6 Å². The van der Waals surface area contributed by atoms with E-state index >= 15 is 4.39 Å². The Morgan fingerprint density at radius 3 is 1.77 bits per heavy atom. The molecule has 0 aliphatic heterocycles. The van der Waals surface area contributed by atoms with Gasteiger partial charge in [-0.25, -0.2) is 14.0 Å². The molecule has 0 atom stereocenters. The quantitative estimate of drug-likeness (QED) is 0.0411. The summed E-state index contributed by atoms with van der Waals surface area (Å²) < 4.78 is 33.4. The minimum Gasteiger partial charge on any atom is -0.492 e. The number of aliphatic hydroxyl groups is 2. The number of rotatable bonds is 24. The lowest BCUT2D eigenvalue weighted by Crippen LogP contribution is -2.33. The zero-order chi connectivity index (χ0) is 46.2. The first-order valence-electron chi connectivity index (χ1n) is 23.5. The number of esters is 2. The van der Waals surface area contributed by atoms with Crippen molar-refractivity contribution in [2.45, 2.75) is 124 Å². The molecule has 0 unspecified atom stereocenters. The molecule has 2 N–H and O–H groups in total. The van der Waals surface area contributed by atoms with Crippen molar-refractivity contribution in [1.29, 1.82) is 0 Å². The van der Waals surface area contributed by atoms with Gasteiger partial charge in [0.05, 0.1) is 33.0 Å². The molecule has 0 saturated heterocycles. The average molecular weight is 875 g/mol. The molecule has 5 rings (SSSR count). The minimum absolute atomic E-state index is 0.0549. The summed E-state index contributed by atoms with van der Waals surface area (Å²) in [5, 5.41) is 20.2. The van der Waals surface area contributed by atoms with Crippen molar-refractivity contribution in [1.82, 2.24) is 0 Å². The number of ether oxygens (including phenoxy) is 3. The molecular weight excluding hydrogens is 804 g/mol. The number of aryl methyl sites for hydroxylation is 3. The van der Waals surface area contributed by atoms with Crippen LogP contribution in [0.4, 0.5) is 4.39 Å². The normalized spacial score (nSPS) is 15.1. The zero-order valence-corrected chi connectivity index (χ0v) is 39.0. The predicted octanol–water partition coefficient (Wildman–Crippen LogP) is 12.7. The van der Waals surface area contributed by atoms with E-state index < -0.39 is 17.4 Å². The van der Waals surface area contributed by atoms with E-state index in [0.29, 0.717) is 60.5 Å². The van der Waals surface area contributed by atoms with Gasteiger partial charge >= 0.3 is 11.9 Å². The maximum absolute atomic E-state index is 16.1. The van der Waals surface area contributed by atoms with Crippen LogP contribution in [0.2, 0.25) is 0 Å². The van der Waals surface area contributed by atoms with Crippen molar-refractivity contribution < 1.29 is 38.4 Å². The SMILES string of the molecule is C=C(C)C(=O)OCCCc1cc(-c2ccc(-c3ccc(-c4ccc(C5CCC(CCCCC)CC5)cc4)cc3F)cc2CC)cc(CCCOC(=O)C(=C)C)c1OCC(C)(CO)CO. The number of benzene rings is 4. The molecule has 344 valence electrons. The third-order valence-corrected chi connectivity index (χ3v) is 12.8. The number of halogens is 1. The van der Waals surface area contributed by atoms with Gasteiger partial charge in [0, 0.05) is 22.1 Å². The Labute approximate surface area is 381 Å². The predicted molar refractivity (Wildman–Crippen MR) is 257 cm³/mol. The topological polar surface area (TPSA) is 102 Å². The van der Waals surface area contributed by atoms with E-state index in [4.69, 9.17) is 14.2 Å². The molecule has 0 aromatic heterocycles. The molecule has 0 radical (unpaired) electrons. The highest BCUT2D eigenvalue weighted by Gasteiger charge is 2.26. The molecule has 1 fully saturated rings. The number of hydrogen-bond acceptors (Lipinski definition) is 7. The molecule has 7 nitrogen and oxygen atoms in total. The summed E-state index contributed by atoms with van der Waals surface area (Å²) in [5.74, 6) is 0.908. The van der Waals surface area contributed by atoms with Gasteiger partial charge in [-0.3, -0.25) is 0 Å². The highest BCUT2D eigenvalue weighted by Crippen LogP contribution is 2.40. The van der Waals surface area contributed by atoms with Gasteiger partial charge in [0.2, 0.25) is 0 Å². The van der Waals surface area contributed by atoms with Gasteiger partial charge in [-0.2, -0.15) is 0 Å². The second-order valence-corrected chi connectivity index (χ2v) is 18.3. The van der Waals surface area contributed by atoms with E-state index in [2.05, 4.69) is 69.5 Å². The van der Waals surface area contributed by atoms with Crippen LogP contribution < -0.4 is 4.74 Å². The fourth-order valence-electron chi connectivity index (χ4n) is 8.64. The van der Waals surface area contributed by atoms with E-state index in [1.54, 1.807) is 26.8 Å². The Morgan fingerprint density at radius 1 is 0.688 bits per heavy atom.